The van der Waals surface area contributed by atoms with Gasteiger partial charge < -0.3 is 19.9 Å². The Hall–Kier alpha value is -3.81. The first-order valence-electron chi connectivity index (χ1n) is 10.0. The fraction of sp³-hybridized carbons (Fsp3) is 0.261. The normalized spacial score (nSPS) is 15.9. The quantitative estimate of drug-likeness (QED) is 0.575. The number of hydrogen-bond acceptors (Lipinski definition) is 4. The van der Waals surface area contributed by atoms with E-state index in [1.54, 1.807) is 7.11 Å². The van der Waals surface area contributed by atoms with Gasteiger partial charge in [0.25, 0.3) is 5.91 Å². The van der Waals surface area contributed by atoms with Crippen molar-refractivity contribution in [1.82, 2.24) is 14.8 Å². The summed E-state index contributed by atoms with van der Waals surface area (Å²) in [7, 11) is 3.53. The second-order valence-corrected chi connectivity index (χ2v) is 7.51. The molecular weight excluding hydrogens is 396 g/mol. The second-order valence-electron chi connectivity index (χ2n) is 7.51. The van der Waals surface area contributed by atoms with Crippen molar-refractivity contribution >= 4 is 34.4 Å². The number of imide groups is 1. The molecule has 0 bridgehead atoms. The van der Waals surface area contributed by atoms with Gasteiger partial charge in [-0.05, 0) is 42.3 Å². The number of amides is 4. The summed E-state index contributed by atoms with van der Waals surface area (Å²) in [6, 6.07) is 13.7. The van der Waals surface area contributed by atoms with E-state index in [4.69, 9.17) is 4.74 Å². The van der Waals surface area contributed by atoms with E-state index in [-0.39, 0.29) is 24.8 Å². The lowest BCUT2D eigenvalue weighted by Gasteiger charge is -2.13. The number of hydrogen-bond donors (Lipinski definition) is 2. The standard InChI is InChI=1S/C23H24N4O4/c1-26-12-11-17-18(4-3-5-20(17)26)24-21(28)14-19-22(29)27(23(30)25-19)13-10-15-6-8-16(31-2)9-7-15/h3-9,11-12,19H,10,13-14H2,1-2H3,(H,24,28)(H,25,30)/t19-/m0/s1. The molecule has 1 atom stereocenters. The van der Waals surface area contributed by atoms with Crippen LogP contribution in [-0.2, 0) is 23.1 Å². The van der Waals surface area contributed by atoms with E-state index >= 15 is 0 Å². The van der Waals surface area contributed by atoms with Crippen molar-refractivity contribution in [2.75, 3.05) is 19.0 Å². The maximum Gasteiger partial charge on any atom is 0.324 e. The average molecular weight is 420 g/mol. The van der Waals surface area contributed by atoms with Crippen molar-refractivity contribution in [2.45, 2.75) is 18.9 Å². The monoisotopic (exact) mass is 420 g/mol. The van der Waals surface area contributed by atoms with Crippen LogP contribution in [0.3, 0.4) is 0 Å². The molecule has 1 aliphatic heterocycles. The van der Waals surface area contributed by atoms with Gasteiger partial charge in [-0.25, -0.2) is 4.79 Å². The minimum Gasteiger partial charge on any atom is -0.497 e. The van der Waals surface area contributed by atoms with E-state index in [0.29, 0.717) is 12.1 Å². The highest BCUT2D eigenvalue weighted by Crippen LogP contribution is 2.24. The summed E-state index contributed by atoms with van der Waals surface area (Å²) in [4.78, 5) is 38.7. The van der Waals surface area contributed by atoms with E-state index in [0.717, 1.165) is 22.2 Å². The van der Waals surface area contributed by atoms with Gasteiger partial charge in [-0.15, -0.1) is 0 Å². The van der Waals surface area contributed by atoms with Gasteiger partial charge in [0.05, 0.1) is 19.2 Å². The lowest BCUT2D eigenvalue weighted by atomic mass is 10.1. The number of benzene rings is 2. The van der Waals surface area contributed by atoms with Crippen LogP contribution in [0.15, 0.2) is 54.7 Å². The lowest BCUT2D eigenvalue weighted by Crippen LogP contribution is -2.35. The minimum absolute atomic E-state index is 0.118. The number of ether oxygens (including phenoxy) is 1. The van der Waals surface area contributed by atoms with Crippen molar-refractivity contribution in [3.8, 4) is 5.75 Å². The maximum absolute atomic E-state index is 12.7. The molecule has 1 aromatic heterocycles. The van der Waals surface area contributed by atoms with Gasteiger partial charge >= 0.3 is 6.03 Å². The Labute approximate surface area is 179 Å². The van der Waals surface area contributed by atoms with Crippen molar-refractivity contribution < 1.29 is 19.1 Å². The number of anilines is 1. The summed E-state index contributed by atoms with van der Waals surface area (Å²) < 4.78 is 7.10. The highest BCUT2D eigenvalue weighted by Gasteiger charge is 2.38. The molecule has 8 heteroatoms. The second kappa shape index (κ2) is 8.51. The van der Waals surface area contributed by atoms with Crippen molar-refractivity contribution in [3.05, 3.63) is 60.3 Å². The molecule has 160 valence electrons. The smallest absolute Gasteiger partial charge is 0.324 e. The molecule has 3 aromatic rings. The summed E-state index contributed by atoms with van der Waals surface area (Å²) >= 11 is 0. The molecule has 4 rings (SSSR count). The van der Waals surface area contributed by atoms with Crippen LogP contribution in [0.2, 0.25) is 0 Å². The molecule has 2 N–H and O–H groups in total. The molecule has 0 saturated carbocycles. The summed E-state index contributed by atoms with van der Waals surface area (Å²) in [5, 5.41) is 6.39. The Morgan fingerprint density at radius 3 is 2.65 bits per heavy atom. The third-order valence-corrected chi connectivity index (χ3v) is 5.48. The molecule has 1 fully saturated rings. The minimum atomic E-state index is -0.863. The summed E-state index contributed by atoms with van der Waals surface area (Å²) in [5.74, 6) is 0.0367. The molecule has 2 heterocycles. The van der Waals surface area contributed by atoms with Crippen LogP contribution < -0.4 is 15.4 Å². The molecule has 0 radical (unpaired) electrons. The maximum atomic E-state index is 12.7. The lowest BCUT2D eigenvalue weighted by molar-refractivity contribution is -0.129. The molecular formula is C23H24N4O4. The van der Waals surface area contributed by atoms with Crippen LogP contribution in [0.5, 0.6) is 5.75 Å². The van der Waals surface area contributed by atoms with E-state index in [2.05, 4.69) is 10.6 Å². The average Bonchev–Trinajstić information content (AvgIpc) is 3.27. The van der Waals surface area contributed by atoms with Crippen molar-refractivity contribution in [1.29, 1.82) is 0 Å². The van der Waals surface area contributed by atoms with Crippen molar-refractivity contribution in [2.24, 2.45) is 7.05 Å². The van der Waals surface area contributed by atoms with E-state index in [1.165, 1.54) is 4.90 Å². The highest BCUT2D eigenvalue weighted by molar-refractivity contribution is 6.08. The number of nitrogens with one attached hydrogen (secondary N) is 2. The predicted molar refractivity (Wildman–Crippen MR) is 117 cm³/mol. The van der Waals surface area contributed by atoms with Gasteiger partial charge in [-0.3, -0.25) is 14.5 Å². The van der Waals surface area contributed by atoms with Crippen LogP contribution in [0.4, 0.5) is 10.5 Å². The van der Waals surface area contributed by atoms with Crippen LogP contribution in [-0.4, -0.2) is 47.0 Å². The number of aromatic nitrogens is 1. The number of urea groups is 1. The van der Waals surface area contributed by atoms with Gasteiger partial charge in [0.15, 0.2) is 0 Å². The third-order valence-electron chi connectivity index (χ3n) is 5.48. The Kier molecular flexibility index (Phi) is 5.62. The summed E-state index contributed by atoms with van der Waals surface area (Å²) in [6.07, 6.45) is 2.33. The van der Waals surface area contributed by atoms with Crippen LogP contribution in [0, 0.1) is 0 Å². The summed E-state index contributed by atoms with van der Waals surface area (Å²) in [5.41, 5.74) is 2.66. The molecule has 2 aromatic carbocycles. The number of aryl methyl sites for hydroxylation is 1. The first-order chi connectivity index (χ1) is 15.0. The van der Waals surface area contributed by atoms with Gasteiger partial charge in [0.2, 0.25) is 5.91 Å². The Balaban J connectivity index is 1.36. The zero-order chi connectivity index (χ0) is 22.0. The summed E-state index contributed by atoms with van der Waals surface area (Å²) in [6.45, 7) is 0.248. The topological polar surface area (TPSA) is 92.7 Å². The first-order valence-corrected chi connectivity index (χ1v) is 10.0. The Bertz CT molecular complexity index is 1140. The van der Waals surface area contributed by atoms with Gasteiger partial charge in [0, 0.05) is 30.7 Å². The third kappa shape index (κ3) is 4.23. The molecule has 8 nitrogen and oxygen atoms in total. The van der Waals surface area contributed by atoms with E-state index < -0.39 is 12.1 Å². The SMILES string of the molecule is COc1ccc(CCN2C(=O)N[C@@H](CC(=O)Nc3cccc4c3ccn4C)C2=O)cc1. The van der Waals surface area contributed by atoms with Crippen LogP contribution in [0.25, 0.3) is 10.9 Å². The Morgan fingerprint density at radius 1 is 1.13 bits per heavy atom. The number of nitrogens with zero attached hydrogens (tertiary/aromatic N) is 2. The van der Waals surface area contributed by atoms with Gasteiger partial charge in [-0.1, -0.05) is 18.2 Å². The zero-order valence-corrected chi connectivity index (χ0v) is 17.4. The van der Waals surface area contributed by atoms with Crippen molar-refractivity contribution in [3.63, 3.8) is 0 Å². The number of fused-ring (bicyclic) bond motifs is 1. The molecule has 31 heavy (non-hydrogen) atoms. The molecule has 1 aliphatic rings. The van der Waals surface area contributed by atoms with E-state index in [9.17, 15) is 14.4 Å². The number of rotatable bonds is 7. The molecule has 1 saturated heterocycles. The largest absolute Gasteiger partial charge is 0.497 e. The number of carbonyl (C=O) groups excluding carboxylic acids is 3. The molecule has 0 aliphatic carbocycles. The van der Waals surface area contributed by atoms with Gasteiger partial charge in [-0.2, -0.15) is 0 Å². The fourth-order valence-electron chi connectivity index (χ4n) is 3.76. The number of carbonyl (C=O) groups is 3. The van der Waals surface area contributed by atoms with Crippen LogP contribution in [0.1, 0.15) is 12.0 Å². The first kappa shape index (κ1) is 20.5. The highest BCUT2D eigenvalue weighted by atomic mass is 16.5. The molecule has 4 amide bonds. The predicted octanol–water partition coefficient (Wildman–Crippen LogP) is 2.68. The number of methoxy groups -OCH3 is 1. The molecule has 0 spiro atoms. The van der Waals surface area contributed by atoms with Gasteiger partial charge in [0.1, 0.15) is 11.8 Å². The fourth-order valence-corrected chi connectivity index (χ4v) is 3.76. The Morgan fingerprint density at radius 2 is 1.90 bits per heavy atom. The van der Waals surface area contributed by atoms with Crippen LogP contribution >= 0.6 is 0 Å². The molecule has 0 unspecified atom stereocenters. The van der Waals surface area contributed by atoms with E-state index in [1.807, 2.05) is 66.3 Å². The zero-order valence-electron chi connectivity index (χ0n) is 17.4.